The Kier molecular flexibility index (Phi) is 5.17. The van der Waals surface area contributed by atoms with E-state index in [4.69, 9.17) is 15.5 Å². The number of rotatable bonds is 5. The number of anilines is 1. The van der Waals surface area contributed by atoms with E-state index in [0.717, 1.165) is 38.4 Å². The first-order chi connectivity index (χ1) is 15.7. The number of nitrogens with zero attached hydrogens (tertiary/aromatic N) is 1. The molecule has 2 heterocycles. The molecular formula is C27H20N2O2S. The Bertz CT molecular complexity index is 1410. The van der Waals surface area contributed by atoms with Gasteiger partial charge in [-0.3, -0.25) is 4.79 Å². The second-order valence-electron chi connectivity index (χ2n) is 7.37. The Labute approximate surface area is 189 Å². The summed E-state index contributed by atoms with van der Waals surface area (Å²) in [4.78, 5) is 19.4. The molecule has 5 rings (SSSR count). The number of thiophene rings is 1. The Balaban J connectivity index is 1.75. The summed E-state index contributed by atoms with van der Waals surface area (Å²) in [6, 6.07) is 29.1. The lowest BCUT2D eigenvalue weighted by Crippen LogP contribution is -2.01. The number of carbonyl (C=O) groups excluding carboxylic acids is 1. The maximum absolute atomic E-state index is 13.2. The van der Waals surface area contributed by atoms with E-state index in [0.29, 0.717) is 16.1 Å². The molecule has 0 aliphatic carbocycles. The molecule has 0 saturated carbocycles. The Hall–Kier alpha value is -3.96. The second kappa shape index (κ2) is 8.29. The molecule has 156 valence electrons. The molecule has 32 heavy (non-hydrogen) atoms. The van der Waals surface area contributed by atoms with Gasteiger partial charge in [-0.25, -0.2) is 4.98 Å². The van der Waals surface area contributed by atoms with Gasteiger partial charge in [-0.1, -0.05) is 72.8 Å². The number of benzene rings is 3. The van der Waals surface area contributed by atoms with Crippen molar-refractivity contribution in [2.24, 2.45) is 0 Å². The van der Waals surface area contributed by atoms with E-state index in [2.05, 4.69) is 0 Å². The molecule has 0 fully saturated rings. The van der Waals surface area contributed by atoms with Crippen LogP contribution < -0.4 is 10.5 Å². The van der Waals surface area contributed by atoms with Gasteiger partial charge in [0.2, 0.25) is 5.78 Å². The number of ketones is 1. The molecule has 2 N–H and O–H groups in total. The number of nitrogen functional groups attached to an aromatic ring is 1. The van der Waals surface area contributed by atoms with Crippen molar-refractivity contribution in [2.45, 2.75) is 0 Å². The zero-order valence-corrected chi connectivity index (χ0v) is 18.2. The Morgan fingerprint density at radius 2 is 1.53 bits per heavy atom. The predicted molar refractivity (Wildman–Crippen MR) is 131 cm³/mol. The quantitative estimate of drug-likeness (QED) is 0.322. The SMILES string of the molecule is COc1ccc(-c2cc(-c3ccccc3)nc3sc(C(=O)c4ccccc4)c(N)c23)cc1. The van der Waals surface area contributed by atoms with Gasteiger partial charge in [0, 0.05) is 16.5 Å². The van der Waals surface area contributed by atoms with Crippen LogP contribution in [0.4, 0.5) is 5.69 Å². The molecule has 0 spiro atoms. The summed E-state index contributed by atoms with van der Waals surface area (Å²) in [5.74, 6) is 0.689. The molecule has 5 aromatic rings. The van der Waals surface area contributed by atoms with Gasteiger partial charge >= 0.3 is 0 Å². The minimum atomic E-state index is -0.0898. The molecule has 3 aromatic carbocycles. The van der Waals surface area contributed by atoms with Crippen molar-refractivity contribution in [3.8, 4) is 28.1 Å². The first kappa shape index (κ1) is 20.0. The third-order valence-corrected chi connectivity index (χ3v) is 6.51. The Morgan fingerprint density at radius 1 is 0.875 bits per heavy atom. The zero-order chi connectivity index (χ0) is 22.1. The summed E-state index contributed by atoms with van der Waals surface area (Å²) in [6.07, 6.45) is 0. The average molecular weight is 437 g/mol. The van der Waals surface area contributed by atoms with Crippen molar-refractivity contribution < 1.29 is 9.53 Å². The van der Waals surface area contributed by atoms with Crippen LogP contribution in [0.5, 0.6) is 5.75 Å². The fourth-order valence-corrected chi connectivity index (χ4v) is 4.85. The van der Waals surface area contributed by atoms with Gasteiger partial charge in [0.15, 0.2) is 0 Å². The van der Waals surface area contributed by atoms with Crippen molar-refractivity contribution >= 4 is 33.0 Å². The summed E-state index contributed by atoms with van der Waals surface area (Å²) < 4.78 is 5.31. The van der Waals surface area contributed by atoms with E-state index in [1.54, 1.807) is 19.2 Å². The lowest BCUT2D eigenvalue weighted by Gasteiger charge is -2.09. The van der Waals surface area contributed by atoms with Crippen LogP contribution in [0, 0.1) is 0 Å². The highest BCUT2D eigenvalue weighted by Crippen LogP contribution is 2.42. The molecule has 0 unspecified atom stereocenters. The third kappa shape index (κ3) is 3.53. The van der Waals surface area contributed by atoms with Gasteiger partial charge in [0.05, 0.1) is 18.5 Å². The normalized spacial score (nSPS) is 10.9. The molecular weight excluding hydrogens is 416 g/mol. The van der Waals surface area contributed by atoms with Crippen LogP contribution in [0.1, 0.15) is 15.2 Å². The van der Waals surface area contributed by atoms with Crippen LogP contribution in [0.3, 0.4) is 0 Å². The van der Waals surface area contributed by atoms with E-state index >= 15 is 0 Å². The van der Waals surface area contributed by atoms with Crippen LogP contribution in [-0.2, 0) is 0 Å². The number of hydrogen-bond acceptors (Lipinski definition) is 5. The van der Waals surface area contributed by atoms with E-state index in [1.165, 1.54) is 11.3 Å². The van der Waals surface area contributed by atoms with E-state index in [9.17, 15) is 4.79 Å². The van der Waals surface area contributed by atoms with Gasteiger partial charge in [-0.05, 0) is 29.3 Å². The largest absolute Gasteiger partial charge is 0.497 e. The number of aromatic nitrogens is 1. The van der Waals surface area contributed by atoms with Crippen molar-refractivity contribution in [1.29, 1.82) is 0 Å². The van der Waals surface area contributed by atoms with E-state index in [-0.39, 0.29) is 5.78 Å². The van der Waals surface area contributed by atoms with Crippen LogP contribution in [0.15, 0.2) is 91.0 Å². The van der Waals surface area contributed by atoms with Crippen LogP contribution in [0.2, 0.25) is 0 Å². The van der Waals surface area contributed by atoms with Crippen LogP contribution in [-0.4, -0.2) is 17.9 Å². The van der Waals surface area contributed by atoms with E-state index < -0.39 is 0 Å². The van der Waals surface area contributed by atoms with Crippen molar-refractivity contribution in [3.63, 3.8) is 0 Å². The predicted octanol–water partition coefficient (Wildman–Crippen LogP) is 6.45. The van der Waals surface area contributed by atoms with E-state index in [1.807, 2.05) is 78.9 Å². The van der Waals surface area contributed by atoms with Crippen LogP contribution in [0.25, 0.3) is 32.6 Å². The minimum absolute atomic E-state index is 0.0898. The second-order valence-corrected chi connectivity index (χ2v) is 8.37. The maximum Gasteiger partial charge on any atom is 0.205 e. The highest BCUT2D eigenvalue weighted by molar-refractivity contribution is 7.21. The summed E-state index contributed by atoms with van der Waals surface area (Å²) in [5, 5.41) is 0.805. The zero-order valence-electron chi connectivity index (χ0n) is 17.4. The summed E-state index contributed by atoms with van der Waals surface area (Å²) in [7, 11) is 1.64. The molecule has 0 atom stereocenters. The number of pyridine rings is 1. The fraction of sp³-hybridized carbons (Fsp3) is 0.0370. The molecule has 5 heteroatoms. The smallest absolute Gasteiger partial charge is 0.205 e. The standard InChI is InChI=1S/C27H20N2O2S/c1-31-20-14-12-17(13-15-20)21-16-22(18-8-4-2-5-9-18)29-27-23(21)24(28)26(32-27)25(30)19-10-6-3-7-11-19/h2-16H,28H2,1H3. The fourth-order valence-electron chi connectivity index (χ4n) is 3.77. The van der Waals surface area contributed by atoms with Gasteiger partial charge < -0.3 is 10.5 Å². The van der Waals surface area contributed by atoms with Gasteiger partial charge in [0.1, 0.15) is 15.5 Å². The molecule has 0 aliphatic heterocycles. The maximum atomic E-state index is 13.2. The number of carbonyl (C=O) groups is 1. The highest BCUT2D eigenvalue weighted by Gasteiger charge is 2.22. The highest BCUT2D eigenvalue weighted by atomic mass is 32.1. The van der Waals surface area contributed by atoms with Crippen molar-refractivity contribution in [2.75, 3.05) is 12.8 Å². The van der Waals surface area contributed by atoms with Gasteiger partial charge in [-0.15, -0.1) is 11.3 Å². The topological polar surface area (TPSA) is 65.2 Å². The Morgan fingerprint density at radius 3 is 2.19 bits per heavy atom. The van der Waals surface area contributed by atoms with Crippen molar-refractivity contribution in [1.82, 2.24) is 4.98 Å². The van der Waals surface area contributed by atoms with Gasteiger partial charge in [-0.2, -0.15) is 0 Å². The number of hydrogen-bond donors (Lipinski definition) is 1. The molecule has 0 amide bonds. The average Bonchev–Trinajstić information content (AvgIpc) is 3.20. The summed E-state index contributed by atoms with van der Waals surface area (Å²) in [5.41, 5.74) is 11.4. The minimum Gasteiger partial charge on any atom is -0.497 e. The first-order valence-electron chi connectivity index (χ1n) is 10.2. The number of ether oxygens (including phenoxy) is 1. The number of nitrogens with two attached hydrogens (primary N) is 1. The molecule has 2 aromatic heterocycles. The monoisotopic (exact) mass is 436 g/mol. The van der Waals surface area contributed by atoms with Gasteiger partial charge in [0.25, 0.3) is 0 Å². The lowest BCUT2D eigenvalue weighted by molar-refractivity contribution is 0.104. The molecule has 0 aliphatic rings. The molecule has 4 nitrogen and oxygen atoms in total. The molecule has 0 radical (unpaired) electrons. The summed E-state index contributed by atoms with van der Waals surface area (Å²) in [6.45, 7) is 0. The number of methoxy groups -OCH3 is 1. The lowest BCUT2D eigenvalue weighted by atomic mass is 9.98. The molecule has 0 bridgehead atoms. The summed E-state index contributed by atoms with van der Waals surface area (Å²) >= 11 is 1.34. The van der Waals surface area contributed by atoms with Crippen LogP contribution >= 0.6 is 11.3 Å². The first-order valence-corrected chi connectivity index (χ1v) is 11.0. The number of fused-ring (bicyclic) bond motifs is 1. The third-order valence-electron chi connectivity index (χ3n) is 5.41. The molecule has 0 saturated heterocycles. The van der Waals surface area contributed by atoms with Crippen molar-refractivity contribution in [3.05, 3.63) is 101 Å².